The van der Waals surface area contributed by atoms with Crippen LogP contribution in [0.25, 0.3) is 15.5 Å². The van der Waals surface area contributed by atoms with Gasteiger partial charge >= 0.3 is 5.97 Å². The zero-order valence-corrected chi connectivity index (χ0v) is 12.9. The van der Waals surface area contributed by atoms with Crippen LogP contribution in [0.5, 0.6) is 0 Å². The van der Waals surface area contributed by atoms with Crippen LogP contribution in [-0.4, -0.2) is 31.9 Å². The maximum atomic E-state index is 11.9. The summed E-state index contributed by atoms with van der Waals surface area (Å²) in [6, 6.07) is 7.29. The number of fused-ring (bicyclic) bond motifs is 1. The second-order valence-electron chi connectivity index (χ2n) is 4.59. The van der Waals surface area contributed by atoms with Gasteiger partial charge in [-0.2, -0.15) is 9.61 Å². The lowest BCUT2D eigenvalue weighted by Crippen LogP contribution is -2.15. The molecule has 108 valence electrons. The maximum Gasteiger partial charge on any atom is 0.378 e. The first kappa shape index (κ1) is 14.0. The highest BCUT2D eigenvalue weighted by Gasteiger charge is 2.20. The molecule has 3 rings (SSSR count). The van der Waals surface area contributed by atoms with Gasteiger partial charge in [0, 0.05) is 10.6 Å². The average molecular weight is 323 g/mol. The first-order chi connectivity index (χ1) is 10.0. The molecule has 0 N–H and O–H groups in total. The number of carbonyl (C=O) groups excluding carboxylic acids is 1. The van der Waals surface area contributed by atoms with Gasteiger partial charge in [0.2, 0.25) is 4.96 Å². The molecule has 2 heterocycles. The Labute approximate surface area is 129 Å². The topological polar surface area (TPSA) is 69.4 Å². The van der Waals surface area contributed by atoms with Crippen molar-refractivity contribution < 1.29 is 9.53 Å². The first-order valence-corrected chi connectivity index (χ1v) is 7.43. The summed E-state index contributed by atoms with van der Waals surface area (Å²) in [6.45, 7) is 3.55. The fraction of sp³-hybridized carbons (Fsp3) is 0.231. The van der Waals surface area contributed by atoms with Crippen LogP contribution in [0.1, 0.15) is 24.5 Å². The monoisotopic (exact) mass is 322 g/mol. The Kier molecular flexibility index (Phi) is 3.60. The minimum atomic E-state index is -0.537. The molecule has 0 fully saturated rings. The van der Waals surface area contributed by atoms with Crippen LogP contribution in [-0.2, 0) is 4.74 Å². The fourth-order valence-electron chi connectivity index (χ4n) is 1.72. The number of halogens is 1. The highest BCUT2D eigenvalue weighted by atomic mass is 35.5. The van der Waals surface area contributed by atoms with Crippen molar-refractivity contribution in [1.82, 2.24) is 19.8 Å². The van der Waals surface area contributed by atoms with E-state index in [-0.39, 0.29) is 11.9 Å². The molecule has 0 atom stereocenters. The molecule has 6 nitrogen and oxygen atoms in total. The summed E-state index contributed by atoms with van der Waals surface area (Å²) in [6.07, 6.45) is -0.223. The van der Waals surface area contributed by atoms with E-state index in [2.05, 4.69) is 15.3 Å². The second-order valence-corrected chi connectivity index (χ2v) is 5.98. The van der Waals surface area contributed by atoms with Gasteiger partial charge in [0.1, 0.15) is 5.01 Å². The van der Waals surface area contributed by atoms with E-state index in [0.29, 0.717) is 9.98 Å². The number of ether oxygens (including phenoxy) is 1. The van der Waals surface area contributed by atoms with Crippen molar-refractivity contribution in [2.45, 2.75) is 20.0 Å². The number of carbonyl (C=O) groups is 1. The van der Waals surface area contributed by atoms with Gasteiger partial charge in [-0.15, -0.1) is 10.2 Å². The van der Waals surface area contributed by atoms with Crippen molar-refractivity contribution in [2.75, 3.05) is 0 Å². The van der Waals surface area contributed by atoms with Crippen LogP contribution in [0.2, 0.25) is 5.02 Å². The van der Waals surface area contributed by atoms with Crippen LogP contribution >= 0.6 is 22.9 Å². The molecule has 0 aliphatic rings. The van der Waals surface area contributed by atoms with E-state index in [1.165, 1.54) is 15.9 Å². The molecule has 0 saturated heterocycles. The van der Waals surface area contributed by atoms with Crippen molar-refractivity contribution in [3.05, 3.63) is 35.1 Å². The molecule has 0 unspecified atom stereocenters. The molecule has 0 radical (unpaired) electrons. The zero-order chi connectivity index (χ0) is 15.0. The molecule has 0 amide bonds. The van der Waals surface area contributed by atoms with Gasteiger partial charge in [-0.1, -0.05) is 35.1 Å². The number of esters is 1. The van der Waals surface area contributed by atoms with Gasteiger partial charge < -0.3 is 4.74 Å². The number of benzene rings is 1. The van der Waals surface area contributed by atoms with Crippen LogP contribution in [0.4, 0.5) is 0 Å². The summed E-state index contributed by atoms with van der Waals surface area (Å²) in [5, 5.41) is 13.5. The van der Waals surface area contributed by atoms with Crippen molar-refractivity contribution in [3.8, 4) is 10.6 Å². The SMILES string of the molecule is CC(C)OC(=O)c1nnc2sc(-c3ccc(Cl)cc3)nn12. The minimum Gasteiger partial charge on any atom is -0.457 e. The van der Waals surface area contributed by atoms with Crippen molar-refractivity contribution in [1.29, 1.82) is 0 Å². The predicted molar refractivity (Wildman–Crippen MR) is 79.7 cm³/mol. The molecule has 2 aromatic heterocycles. The second kappa shape index (κ2) is 5.42. The third-order valence-electron chi connectivity index (χ3n) is 2.61. The molecular weight excluding hydrogens is 312 g/mol. The number of hydrogen-bond donors (Lipinski definition) is 0. The van der Waals surface area contributed by atoms with Gasteiger partial charge in [0.05, 0.1) is 6.10 Å². The Morgan fingerprint density at radius 1 is 1.29 bits per heavy atom. The third-order valence-corrected chi connectivity index (χ3v) is 3.81. The van der Waals surface area contributed by atoms with E-state index in [1.54, 1.807) is 26.0 Å². The summed E-state index contributed by atoms with van der Waals surface area (Å²) in [4.78, 5) is 12.5. The van der Waals surface area contributed by atoms with E-state index in [0.717, 1.165) is 10.6 Å². The average Bonchev–Trinajstić information content (AvgIpc) is 2.98. The van der Waals surface area contributed by atoms with Crippen LogP contribution < -0.4 is 0 Å². The van der Waals surface area contributed by atoms with E-state index >= 15 is 0 Å². The normalized spacial score (nSPS) is 11.2. The van der Waals surface area contributed by atoms with E-state index in [9.17, 15) is 4.79 Å². The Balaban J connectivity index is 1.99. The van der Waals surface area contributed by atoms with Crippen LogP contribution in [0, 0.1) is 0 Å². The number of hydrogen-bond acceptors (Lipinski definition) is 6. The molecule has 1 aromatic carbocycles. The summed E-state index contributed by atoms with van der Waals surface area (Å²) < 4.78 is 6.52. The highest BCUT2D eigenvalue weighted by molar-refractivity contribution is 7.19. The molecular formula is C13H11ClN4O2S. The zero-order valence-electron chi connectivity index (χ0n) is 11.3. The lowest BCUT2D eigenvalue weighted by Gasteiger charge is -2.04. The predicted octanol–water partition coefficient (Wildman–Crippen LogP) is 3.07. The maximum absolute atomic E-state index is 11.9. The molecule has 0 saturated carbocycles. The summed E-state index contributed by atoms with van der Waals surface area (Å²) in [5.74, 6) is -0.458. The molecule has 8 heteroatoms. The van der Waals surface area contributed by atoms with E-state index < -0.39 is 5.97 Å². The largest absolute Gasteiger partial charge is 0.457 e. The van der Waals surface area contributed by atoms with Gasteiger partial charge in [-0.25, -0.2) is 4.79 Å². The van der Waals surface area contributed by atoms with E-state index in [1.807, 2.05) is 12.1 Å². The Bertz CT molecular complexity index is 794. The Hall–Kier alpha value is -1.99. The number of aromatic nitrogens is 4. The molecule has 0 aliphatic carbocycles. The molecule has 0 aliphatic heterocycles. The van der Waals surface area contributed by atoms with Crippen molar-refractivity contribution in [2.24, 2.45) is 0 Å². The highest BCUT2D eigenvalue weighted by Crippen LogP contribution is 2.26. The van der Waals surface area contributed by atoms with Gasteiger partial charge in [-0.3, -0.25) is 0 Å². The van der Waals surface area contributed by atoms with Crippen LogP contribution in [0.15, 0.2) is 24.3 Å². The number of rotatable bonds is 3. The lowest BCUT2D eigenvalue weighted by molar-refractivity contribution is 0.0360. The van der Waals surface area contributed by atoms with Crippen LogP contribution in [0.3, 0.4) is 0 Å². The molecule has 0 bridgehead atoms. The number of nitrogens with zero attached hydrogens (tertiary/aromatic N) is 4. The smallest absolute Gasteiger partial charge is 0.378 e. The summed E-state index contributed by atoms with van der Waals surface area (Å²) in [7, 11) is 0. The molecule has 0 spiro atoms. The minimum absolute atomic E-state index is 0.0789. The Morgan fingerprint density at radius 3 is 2.67 bits per heavy atom. The summed E-state index contributed by atoms with van der Waals surface area (Å²) in [5.41, 5.74) is 0.901. The molecule has 3 aromatic rings. The lowest BCUT2D eigenvalue weighted by atomic mass is 10.2. The van der Waals surface area contributed by atoms with Crippen molar-refractivity contribution >= 4 is 33.9 Å². The van der Waals surface area contributed by atoms with Gasteiger partial charge in [-0.05, 0) is 26.0 Å². The Morgan fingerprint density at radius 2 is 2.00 bits per heavy atom. The van der Waals surface area contributed by atoms with Gasteiger partial charge in [0.25, 0.3) is 5.82 Å². The fourth-order valence-corrected chi connectivity index (χ4v) is 2.69. The standard InChI is InChI=1S/C13H11ClN4O2S/c1-7(2)20-12(19)10-15-16-13-18(10)17-11(21-13)8-3-5-9(14)6-4-8/h3-7H,1-2H3. The van der Waals surface area contributed by atoms with Crippen molar-refractivity contribution in [3.63, 3.8) is 0 Å². The first-order valence-electron chi connectivity index (χ1n) is 6.24. The van der Waals surface area contributed by atoms with E-state index in [4.69, 9.17) is 16.3 Å². The molecule has 21 heavy (non-hydrogen) atoms. The van der Waals surface area contributed by atoms with Gasteiger partial charge in [0.15, 0.2) is 0 Å². The summed E-state index contributed by atoms with van der Waals surface area (Å²) >= 11 is 7.21. The third kappa shape index (κ3) is 2.74. The quantitative estimate of drug-likeness (QED) is 0.693.